The maximum Gasteiger partial charge on any atom is 0.194 e. The van der Waals surface area contributed by atoms with Crippen LogP contribution in [0.4, 0.5) is 4.39 Å². The molecular formula is C16H23FIN5. The smallest absolute Gasteiger partial charge is 0.194 e. The number of rotatable bonds is 6. The highest BCUT2D eigenvalue weighted by Gasteiger charge is 2.06. The second-order valence-electron chi connectivity index (χ2n) is 5.02. The van der Waals surface area contributed by atoms with Gasteiger partial charge in [0.1, 0.15) is 5.82 Å². The molecule has 0 aliphatic rings. The second-order valence-corrected chi connectivity index (χ2v) is 5.02. The molecule has 0 fully saturated rings. The SMILES string of the molecule is CCNC(=NCCn1ccnc1)N(C)Cc1ccc(F)cc1.I. The van der Waals surface area contributed by atoms with Crippen LogP contribution in [0.3, 0.4) is 0 Å². The van der Waals surface area contributed by atoms with E-state index in [2.05, 4.69) is 15.3 Å². The quantitative estimate of drug-likeness (QED) is 0.435. The Labute approximate surface area is 153 Å². The lowest BCUT2D eigenvalue weighted by atomic mass is 10.2. The Morgan fingerprint density at radius 1 is 1.35 bits per heavy atom. The first kappa shape index (κ1) is 19.4. The first-order chi connectivity index (χ1) is 10.7. The molecule has 7 heteroatoms. The van der Waals surface area contributed by atoms with E-state index >= 15 is 0 Å². The molecule has 0 saturated heterocycles. The Hall–Kier alpha value is -1.64. The van der Waals surface area contributed by atoms with E-state index in [1.807, 2.05) is 29.6 Å². The van der Waals surface area contributed by atoms with Crippen LogP contribution < -0.4 is 5.32 Å². The molecule has 0 spiro atoms. The van der Waals surface area contributed by atoms with Crippen molar-refractivity contribution in [2.75, 3.05) is 20.1 Å². The summed E-state index contributed by atoms with van der Waals surface area (Å²) in [5, 5.41) is 3.27. The Morgan fingerprint density at radius 2 is 2.09 bits per heavy atom. The standard InChI is InChI=1S/C16H22FN5.HI/c1-3-19-16(20-9-11-22-10-8-18-13-22)21(2)12-14-4-6-15(17)7-5-14;/h4-8,10,13H,3,9,11-12H2,1-2H3,(H,19,20);1H. The summed E-state index contributed by atoms with van der Waals surface area (Å²) < 4.78 is 14.9. The third-order valence-corrected chi connectivity index (χ3v) is 3.21. The molecule has 1 aromatic carbocycles. The van der Waals surface area contributed by atoms with Crippen molar-refractivity contribution < 1.29 is 4.39 Å². The van der Waals surface area contributed by atoms with Crippen molar-refractivity contribution in [3.63, 3.8) is 0 Å². The zero-order valence-corrected chi connectivity index (χ0v) is 15.8. The second kappa shape index (κ2) is 10.2. The predicted molar refractivity (Wildman–Crippen MR) is 101 cm³/mol. The molecule has 0 aliphatic heterocycles. The molecule has 1 N–H and O–H groups in total. The fourth-order valence-electron chi connectivity index (χ4n) is 2.10. The van der Waals surface area contributed by atoms with E-state index in [-0.39, 0.29) is 29.8 Å². The van der Waals surface area contributed by atoms with Gasteiger partial charge in [-0.15, -0.1) is 24.0 Å². The molecule has 23 heavy (non-hydrogen) atoms. The predicted octanol–water partition coefficient (Wildman–Crippen LogP) is 2.74. The molecule has 126 valence electrons. The number of benzene rings is 1. The van der Waals surface area contributed by atoms with Crippen LogP contribution in [-0.2, 0) is 13.1 Å². The minimum absolute atomic E-state index is 0. The molecule has 5 nitrogen and oxygen atoms in total. The van der Waals surface area contributed by atoms with Gasteiger partial charge in [-0.05, 0) is 24.6 Å². The molecule has 0 unspecified atom stereocenters. The molecule has 2 rings (SSSR count). The van der Waals surface area contributed by atoms with E-state index < -0.39 is 0 Å². The highest BCUT2D eigenvalue weighted by Crippen LogP contribution is 2.05. The molecule has 0 atom stereocenters. The average Bonchev–Trinajstić information content (AvgIpc) is 3.02. The number of hydrogen-bond donors (Lipinski definition) is 1. The van der Waals surface area contributed by atoms with Crippen molar-refractivity contribution in [1.29, 1.82) is 0 Å². The van der Waals surface area contributed by atoms with Crippen molar-refractivity contribution in [3.05, 3.63) is 54.4 Å². The number of imidazole rings is 1. The maximum atomic E-state index is 12.9. The molecule has 0 aliphatic carbocycles. The number of hydrogen-bond acceptors (Lipinski definition) is 2. The third kappa shape index (κ3) is 6.55. The molecule has 0 bridgehead atoms. The zero-order valence-electron chi connectivity index (χ0n) is 13.4. The monoisotopic (exact) mass is 431 g/mol. The topological polar surface area (TPSA) is 45.5 Å². The van der Waals surface area contributed by atoms with Gasteiger partial charge >= 0.3 is 0 Å². The van der Waals surface area contributed by atoms with Gasteiger partial charge in [0.25, 0.3) is 0 Å². The largest absolute Gasteiger partial charge is 0.357 e. The van der Waals surface area contributed by atoms with Gasteiger partial charge in [-0.3, -0.25) is 4.99 Å². The van der Waals surface area contributed by atoms with Crippen LogP contribution >= 0.6 is 24.0 Å². The highest BCUT2D eigenvalue weighted by atomic mass is 127. The zero-order chi connectivity index (χ0) is 15.8. The third-order valence-electron chi connectivity index (χ3n) is 3.21. The van der Waals surface area contributed by atoms with Crippen molar-refractivity contribution in [1.82, 2.24) is 19.8 Å². The summed E-state index contributed by atoms with van der Waals surface area (Å²) in [7, 11) is 1.97. The van der Waals surface area contributed by atoms with E-state index in [0.717, 1.165) is 24.6 Å². The molecular weight excluding hydrogens is 408 g/mol. The van der Waals surface area contributed by atoms with Crippen molar-refractivity contribution in [2.45, 2.75) is 20.0 Å². The van der Waals surface area contributed by atoms with E-state index in [9.17, 15) is 4.39 Å². The molecule has 1 aromatic heterocycles. The minimum atomic E-state index is -0.215. The number of aliphatic imine (C=N–C) groups is 1. The van der Waals surface area contributed by atoms with E-state index in [1.54, 1.807) is 24.7 Å². The van der Waals surface area contributed by atoms with Crippen LogP contribution in [-0.4, -0.2) is 40.5 Å². The Kier molecular flexibility index (Phi) is 8.60. The Morgan fingerprint density at radius 3 is 2.70 bits per heavy atom. The molecule has 0 amide bonds. The number of guanidine groups is 1. The van der Waals surface area contributed by atoms with Gasteiger partial charge in [-0.25, -0.2) is 9.37 Å². The highest BCUT2D eigenvalue weighted by molar-refractivity contribution is 14.0. The Balaban J connectivity index is 0.00000264. The van der Waals surface area contributed by atoms with E-state index in [4.69, 9.17) is 0 Å². The summed E-state index contributed by atoms with van der Waals surface area (Å²) in [6.45, 7) is 4.98. The molecule has 2 aromatic rings. The number of aromatic nitrogens is 2. The van der Waals surface area contributed by atoms with Gasteiger partial charge in [0.2, 0.25) is 0 Å². The van der Waals surface area contributed by atoms with Crippen LogP contribution in [0.15, 0.2) is 48.0 Å². The normalized spacial score (nSPS) is 11.0. The summed E-state index contributed by atoms with van der Waals surface area (Å²) in [6.07, 6.45) is 5.46. The number of nitrogens with zero attached hydrogens (tertiary/aromatic N) is 4. The summed E-state index contributed by atoms with van der Waals surface area (Å²) in [5.41, 5.74) is 1.05. The maximum absolute atomic E-state index is 12.9. The van der Waals surface area contributed by atoms with E-state index in [0.29, 0.717) is 13.1 Å². The van der Waals surface area contributed by atoms with Crippen LogP contribution in [0.2, 0.25) is 0 Å². The summed E-state index contributed by atoms with van der Waals surface area (Å²) in [4.78, 5) is 10.7. The van der Waals surface area contributed by atoms with Crippen molar-refractivity contribution in [2.24, 2.45) is 4.99 Å². The van der Waals surface area contributed by atoms with Crippen molar-refractivity contribution >= 4 is 29.9 Å². The number of halogens is 2. The van der Waals surface area contributed by atoms with Crippen LogP contribution in [0, 0.1) is 5.82 Å². The van der Waals surface area contributed by atoms with Crippen LogP contribution in [0.25, 0.3) is 0 Å². The van der Waals surface area contributed by atoms with Gasteiger partial charge in [-0.2, -0.15) is 0 Å². The summed E-state index contributed by atoms with van der Waals surface area (Å²) >= 11 is 0. The first-order valence-electron chi connectivity index (χ1n) is 7.38. The van der Waals surface area contributed by atoms with Gasteiger partial charge < -0.3 is 14.8 Å². The molecule has 1 heterocycles. The lowest BCUT2D eigenvalue weighted by molar-refractivity contribution is 0.475. The van der Waals surface area contributed by atoms with E-state index in [1.165, 1.54) is 12.1 Å². The fraction of sp³-hybridized carbons (Fsp3) is 0.375. The van der Waals surface area contributed by atoms with Crippen molar-refractivity contribution in [3.8, 4) is 0 Å². The van der Waals surface area contributed by atoms with Gasteiger partial charge in [0.15, 0.2) is 5.96 Å². The number of nitrogens with one attached hydrogen (secondary N) is 1. The molecule has 0 saturated carbocycles. The van der Waals surface area contributed by atoms with Crippen LogP contribution in [0.5, 0.6) is 0 Å². The van der Waals surface area contributed by atoms with Gasteiger partial charge in [0, 0.05) is 39.1 Å². The first-order valence-corrected chi connectivity index (χ1v) is 7.38. The molecule has 0 radical (unpaired) electrons. The minimum Gasteiger partial charge on any atom is -0.357 e. The lowest BCUT2D eigenvalue weighted by Gasteiger charge is -2.22. The average molecular weight is 431 g/mol. The van der Waals surface area contributed by atoms with Gasteiger partial charge in [-0.1, -0.05) is 12.1 Å². The lowest BCUT2D eigenvalue weighted by Crippen LogP contribution is -2.38. The summed E-state index contributed by atoms with van der Waals surface area (Å²) in [5.74, 6) is 0.624. The fourth-order valence-corrected chi connectivity index (χ4v) is 2.10. The van der Waals surface area contributed by atoms with Gasteiger partial charge in [0.05, 0.1) is 12.9 Å². The summed E-state index contributed by atoms with van der Waals surface area (Å²) in [6, 6.07) is 6.54. The Bertz CT molecular complexity index is 583. The van der Waals surface area contributed by atoms with Crippen LogP contribution in [0.1, 0.15) is 12.5 Å².